The normalized spacial score (nSPS) is 15.1. The quantitative estimate of drug-likeness (QED) is 0.0244. The molecule has 7 rings (SSSR count). The Morgan fingerprint density at radius 3 is 1.49 bits per heavy atom. The third-order valence-corrected chi connectivity index (χ3v) is 18.8. The lowest BCUT2D eigenvalue weighted by Gasteiger charge is -2.29. The molecule has 3 aromatic carbocycles. The predicted molar refractivity (Wildman–Crippen MR) is 413 cm³/mol. The summed E-state index contributed by atoms with van der Waals surface area (Å²) in [7, 11) is 0. The number of benzene rings is 3. The molecule has 0 spiro atoms. The highest BCUT2D eigenvalue weighted by Gasteiger charge is 2.39. The van der Waals surface area contributed by atoms with Gasteiger partial charge in [-0.3, -0.25) is 67.7 Å². The Balaban J connectivity index is 1.13. The molecule has 109 heavy (non-hydrogen) atoms. The van der Waals surface area contributed by atoms with Crippen LogP contribution in [0.2, 0.25) is 5.02 Å². The number of primary amides is 1. The van der Waals surface area contributed by atoms with Gasteiger partial charge in [-0.25, -0.2) is 0 Å². The van der Waals surface area contributed by atoms with Crippen LogP contribution in [-0.2, 0) is 85.1 Å². The number of aromatic nitrogens is 3. The van der Waals surface area contributed by atoms with Gasteiger partial charge in [-0.05, 0) is 174 Å². The second-order valence-electron chi connectivity index (χ2n) is 27.7. The van der Waals surface area contributed by atoms with Crippen molar-refractivity contribution in [2.75, 3.05) is 32.8 Å². The van der Waals surface area contributed by atoms with Gasteiger partial charge < -0.3 is 79.5 Å². The van der Waals surface area contributed by atoms with Crippen LogP contribution in [0, 0.1) is 0 Å². The van der Waals surface area contributed by atoms with E-state index in [0.29, 0.717) is 100 Å². The van der Waals surface area contributed by atoms with Crippen molar-refractivity contribution in [3.8, 4) is 0 Å². The number of hydrogen-bond acceptors (Lipinski definition) is 18. The second kappa shape index (κ2) is 45.5. The van der Waals surface area contributed by atoms with Crippen LogP contribution < -0.4 is 69.5 Å². The van der Waals surface area contributed by atoms with E-state index in [-0.39, 0.29) is 51.1 Å². The first-order valence-electron chi connectivity index (χ1n) is 37.4. The van der Waals surface area contributed by atoms with E-state index in [1.807, 2.05) is 86.6 Å². The van der Waals surface area contributed by atoms with Crippen LogP contribution in [0.5, 0.6) is 0 Å². The first-order chi connectivity index (χ1) is 52.4. The summed E-state index contributed by atoms with van der Waals surface area (Å²) >= 11 is 6.27. The molecule has 1 fully saturated rings. The highest BCUT2D eigenvalue weighted by Crippen LogP contribution is 2.21. The lowest BCUT2D eigenvalue weighted by Crippen LogP contribution is -2.61. The summed E-state index contributed by atoms with van der Waals surface area (Å²) < 4.78 is 0. The number of likely N-dealkylation sites (tertiary alicyclic amines) is 1. The Kier molecular flexibility index (Phi) is 35.8. The molecule has 0 saturated carbocycles. The van der Waals surface area contributed by atoms with E-state index in [2.05, 4.69) is 78.8 Å². The number of hydrogen-bond donors (Lipinski definition) is 14. The third-order valence-electron chi connectivity index (χ3n) is 18.5. The van der Waals surface area contributed by atoms with Gasteiger partial charge in [0.1, 0.15) is 60.4 Å². The van der Waals surface area contributed by atoms with E-state index < -0.39 is 132 Å². The summed E-state index contributed by atoms with van der Waals surface area (Å²) in [5, 5.41) is 48.0. The lowest BCUT2D eigenvalue weighted by atomic mass is 9.99. The molecule has 15 N–H and O–H groups in total. The van der Waals surface area contributed by atoms with Crippen LogP contribution in [0.3, 0.4) is 0 Å². The van der Waals surface area contributed by atoms with Gasteiger partial charge >= 0.3 is 0 Å². The van der Waals surface area contributed by atoms with Gasteiger partial charge in [0.05, 0.1) is 18.0 Å². The smallest absolute Gasteiger partial charge is 0.245 e. The number of nitrogens with zero attached hydrogens (tertiary/aromatic N) is 4. The number of halogens is 1. The number of aliphatic hydroxyl groups is 1. The average molecular weight is 1520 g/mol. The maximum atomic E-state index is 15.1. The number of amides is 11. The lowest BCUT2D eigenvalue weighted by molar-refractivity contribution is -0.142. The summed E-state index contributed by atoms with van der Waals surface area (Å²) in [4.78, 5) is 170. The maximum absolute atomic E-state index is 15.1. The summed E-state index contributed by atoms with van der Waals surface area (Å²) in [6.07, 6.45) is 9.74. The minimum atomic E-state index is -1.75. The molecular formula is C79H106ClN17O12. The van der Waals surface area contributed by atoms with Crippen molar-refractivity contribution in [3.63, 3.8) is 0 Å². The van der Waals surface area contributed by atoms with Crippen LogP contribution in [0.1, 0.15) is 133 Å². The maximum Gasteiger partial charge on any atom is 0.245 e. The molecule has 0 unspecified atom stereocenters. The van der Waals surface area contributed by atoms with Crippen LogP contribution in [-0.4, -0.2) is 189 Å². The molecule has 3 aromatic heterocycles. The van der Waals surface area contributed by atoms with Gasteiger partial charge in [0.15, 0.2) is 0 Å². The molecule has 0 radical (unpaired) electrons. The first-order valence-corrected chi connectivity index (χ1v) is 37.8. The zero-order chi connectivity index (χ0) is 78.6. The summed E-state index contributed by atoms with van der Waals surface area (Å²) in [6, 6.07) is 21.5. The average Bonchev–Trinajstić information content (AvgIpc) is 1.80. The molecule has 10 atom stereocenters. The van der Waals surface area contributed by atoms with Crippen LogP contribution >= 0.6 is 11.6 Å². The number of carbonyl (C=O) groups excluding carboxylic acids is 11. The van der Waals surface area contributed by atoms with Crippen molar-refractivity contribution < 1.29 is 57.8 Å². The molecule has 30 heteroatoms. The third kappa shape index (κ3) is 29.6. The Labute approximate surface area is 641 Å². The number of unbranched alkanes of at least 4 members (excludes halogenated alkanes) is 3. The van der Waals surface area contributed by atoms with Crippen molar-refractivity contribution in [2.24, 2.45) is 5.73 Å². The topological polar surface area (TPSA) is 420 Å². The summed E-state index contributed by atoms with van der Waals surface area (Å²) in [5.74, 6) is -8.15. The molecule has 1 aliphatic rings. The second-order valence-corrected chi connectivity index (χ2v) is 28.2. The molecule has 586 valence electrons. The Bertz CT molecular complexity index is 3940. The van der Waals surface area contributed by atoms with Gasteiger partial charge in [-0.15, -0.1) is 0 Å². The molecule has 4 heterocycles. The molecule has 1 saturated heterocycles. The van der Waals surface area contributed by atoms with E-state index in [4.69, 9.17) is 17.3 Å². The highest BCUT2D eigenvalue weighted by molar-refractivity contribution is 6.30. The fourth-order valence-electron chi connectivity index (χ4n) is 12.5. The fourth-order valence-corrected chi connectivity index (χ4v) is 12.7. The van der Waals surface area contributed by atoms with Crippen LogP contribution in [0.4, 0.5) is 0 Å². The van der Waals surface area contributed by atoms with Crippen LogP contribution in [0.15, 0.2) is 140 Å². The minimum Gasteiger partial charge on any atom is -0.394 e. The molecule has 0 aliphatic carbocycles. The number of aliphatic hydroxyl groups excluding tert-OH is 1. The summed E-state index contributed by atoms with van der Waals surface area (Å²) in [6.45, 7) is 9.82. The molecule has 0 bridgehead atoms. The predicted octanol–water partition coefficient (Wildman–Crippen LogP) is 2.69. The van der Waals surface area contributed by atoms with Crippen molar-refractivity contribution in [3.05, 3.63) is 173 Å². The van der Waals surface area contributed by atoms with E-state index in [1.54, 1.807) is 54.9 Å². The summed E-state index contributed by atoms with van der Waals surface area (Å²) in [5.41, 5.74) is 8.78. The highest BCUT2D eigenvalue weighted by atomic mass is 35.5. The van der Waals surface area contributed by atoms with Gasteiger partial charge in [-0.1, -0.05) is 98.2 Å². The van der Waals surface area contributed by atoms with Crippen LogP contribution in [0.25, 0.3) is 10.8 Å². The van der Waals surface area contributed by atoms with Gasteiger partial charge in [0.25, 0.3) is 0 Å². The van der Waals surface area contributed by atoms with Crippen molar-refractivity contribution in [2.45, 2.75) is 204 Å². The van der Waals surface area contributed by atoms with E-state index >= 15 is 9.59 Å². The minimum absolute atomic E-state index is 0.0166. The zero-order valence-electron chi connectivity index (χ0n) is 62.7. The molecular weight excluding hydrogens is 1410 g/mol. The van der Waals surface area contributed by atoms with Gasteiger partial charge in [-0.2, -0.15) is 0 Å². The van der Waals surface area contributed by atoms with Crippen molar-refractivity contribution in [1.82, 2.24) is 83.7 Å². The Morgan fingerprint density at radius 1 is 0.495 bits per heavy atom. The van der Waals surface area contributed by atoms with E-state index in [1.165, 1.54) is 38.1 Å². The number of nitrogens with one attached hydrogen (secondary N) is 12. The molecule has 1 aliphatic heterocycles. The van der Waals surface area contributed by atoms with Crippen molar-refractivity contribution >= 4 is 87.4 Å². The number of rotatable bonds is 46. The van der Waals surface area contributed by atoms with E-state index in [9.17, 15) is 48.3 Å². The molecule has 29 nitrogen and oxygen atoms in total. The fraction of sp³-hybridized carbons (Fsp3) is 0.468. The number of carbonyl (C=O) groups is 11. The van der Waals surface area contributed by atoms with E-state index in [0.717, 1.165) is 27.7 Å². The largest absolute Gasteiger partial charge is 0.394 e. The monoisotopic (exact) mass is 1520 g/mol. The SMILES string of the molecule is CC(=O)N[C@H](Cc1ccc2ccccc2c1)C(=O)N[C@H](Cc1ccc(Cl)cc1)C(=O)N[C@H](Cc1cccnc1)C(=O)N[C@@H](CO)C(=O)N[C@@H](CCCCNCc1ccccn1)C(=O)N[C@@H](CCCCNCc1ccccn1)C(=O)N[C@@H](CCCCNC(C)C)C(=O)N[C@@H](C)C(=O)N1CCC[C@@H]1C(=O)N[C@H](C)C(N)=O. The molecule has 11 amide bonds. The van der Waals surface area contributed by atoms with Crippen molar-refractivity contribution in [1.29, 1.82) is 0 Å². The first kappa shape index (κ1) is 85.9. The van der Waals surface area contributed by atoms with Gasteiger partial charge in [0.2, 0.25) is 65.0 Å². The number of fused-ring (bicyclic) bond motifs is 1. The van der Waals surface area contributed by atoms with Gasteiger partial charge in [0, 0.05) is 81.7 Å². The molecule has 6 aromatic rings. The Hall–Kier alpha value is -10.3. The number of nitrogens with two attached hydrogens (primary N) is 1. The standard InChI is InChI=1S/C79H106ClN17O12/c1-50(2)85-38-17-12-27-62(71(101)89-52(4)79(109)97-41-19-28-69(97)78(108)88-51(3)70(81)100)91-72(102)63(25-10-13-35-83-47-60-23-8-15-39-86-60)92-73(103)64(26-11-14-36-84-48-61-24-9-16-40-87-61)93-77(107)68(49-98)96-76(106)67(45-56-20-18-37-82-46-56)95-75(105)66(43-54-30-33-59(80)34-31-54)94-74(104)65(90-53(5)99)44-55-29-32-57-21-6-7-22-58(57)42-55/h6-9,15-16,18,20-24,29-34,37,39-40,42,46,50-52,62-69,83-85,98H,10-14,17,19,25-28,35-36,38,41,43-45,47-49H2,1-5H3,(H2,81,100)(H,88,108)(H,89,101)(H,90,99)(H,91,102)(H,92,103)(H,93,107)(H,94,104)(H,95,105)(H,96,106)/t51-,52+,62+,63+,64+,65-,66-,67-,68+,69-/m1/s1. The Morgan fingerprint density at radius 2 is 0.972 bits per heavy atom. The number of pyridine rings is 3. The zero-order valence-corrected chi connectivity index (χ0v) is 63.4.